The lowest BCUT2D eigenvalue weighted by Crippen LogP contribution is -2.07. The third-order valence-corrected chi connectivity index (χ3v) is 3.89. The van der Waals surface area contributed by atoms with Crippen molar-refractivity contribution in [2.24, 2.45) is 0 Å². The summed E-state index contributed by atoms with van der Waals surface area (Å²) in [5, 5.41) is 3.85. The van der Waals surface area contributed by atoms with E-state index in [-0.39, 0.29) is 0 Å². The van der Waals surface area contributed by atoms with Gasteiger partial charge in [0.1, 0.15) is 16.8 Å². The lowest BCUT2D eigenvalue weighted by molar-refractivity contribution is 0.133. The Hall–Kier alpha value is -1.65. The monoisotopic (exact) mass is 317 g/mol. The standard InChI is InChI=1S/C17H20ClN3O/c1-2-22-11-14-6-4-3-5-13(14)10-19-16-9-15(18)20-17(21-16)12-7-8-12/h3-6,9,12H,2,7-8,10-11H2,1H3,(H,19,20,21). The number of nitrogens with zero attached hydrogens (tertiary/aromatic N) is 2. The van der Waals surface area contributed by atoms with Gasteiger partial charge in [-0.25, -0.2) is 9.97 Å². The molecule has 116 valence electrons. The second-order valence-corrected chi connectivity index (χ2v) is 5.86. The van der Waals surface area contributed by atoms with Crippen molar-refractivity contribution < 1.29 is 4.74 Å². The molecule has 1 fully saturated rings. The molecule has 22 heavy (non-hydrogen) atoms. The van der Waals surface area contributed by atoms with Gasteiger partial charge in [-0.15, -0.1) is 0 Å². The topological polar surface area (TPSA) is 47.0 Å². The molecule has 0 atom stereocenters. The number of ether oxygens (including phenoxy) is 1. The van der Waals surface area contributed by atoms with Gasteiger partial charge in [-0.1, -0.05) is 35.9 Å². The molecule has 0 amide bonds. The molecule has 0 radical (unpaired) electrons. The Morgan fingerprint density at radius 1 is 1.23 bits per heavy atom. The molecule has 1 aromatic heterocycles. The van der Waals surface area contributed by atoms with Crippen molar-refractivity contribution >= 4 is 17.4 Å². The highest BCUT2D eigenvalue weighted by atomic mass is 35.5. The average molecular weight is 318 g/mol. The summed E-state index contributed by atoms with van der Waals surface area (Å²) in [5.74, 6) is 2.13. The number of benzene rings is 1. The number of nitrogens with one attached hydrogen (secondary N) is 1. The number of hydrogen-bond donors (Lipinski definition) is 1. The molecule has 5 heteroatoms. The number of rotatable bonds is 7. The Kier molecular flexibility index (Phi) is 4.90. The Morgan fingerprint density at radius 2 is 2.00 bits per heavy atom. The first kappa shape index (κ1) is 15.3. The Bertz CT molecular complexity index is 644. The van der Waals surface area contributed by atoms with Crippen LogP contribution in [-0.2, 0) is 17.9 Å². The first-order chi connectivity index (χ1) is 10.8. The first-order valence-corrected chi connectivity index (χ1v) is 8.07. The zero-order valence-corrected chi connectivity index (χ0v) is 13.4. The van der Waals surface area contributed by atoms with E-state index in [2.05, 4.69) is 27.4 Å². The summed E-state index contributed by atoms with van der Waals surface area (Å²) < 4.78 is 5.52. The zero-order valence-electron chi connectivity index (χ0n) is 12.7. The number of anilines is 1. The molecule has 0 spiro atoms. The van der Waals surface area contributed by atoms with Gasteiger partial charge in [-0.05, 0) is 30.9 Å². The molecule has 1 N–H and O–H groups in total. The zero-order chi connectivity index (χ0) is 15.4. The van der Waals surface area contributed by atoms with E-state index in [0.717, 1.165) is 24.5 Å². The van der Waals surface area contributed by atoms with E-state index in [1.165, 1.54) is 11.1 Å². The third kappa shape index (κ3) is 3.96. The fourth-order valence-corrected chi connectivity index (χ4v) is 2.51. The molecule has 1 saturated carbocycles. The van der Waals surface area contributed by atoms with Crippen molar-refractivity contribution in [2.75, 3.05) is 11.9 Å². The molecule has 1 aromatic carbocycles. The van der Waals surface area contributed by atoms with Gasteiger partial charge in [0, 0.05) is 25.1 Å². The maximum absolute atomic E-state index is 6.09. The van der Waals surface area contributed by atoms with E-state index < -0.39 is 0 Å². The fourth-order valence-electron chi connectivity index (χ4n) is 2.32. The van der Waals surface area contributed by atoms with Gasteiger partial charge in [0.25, 0.3) is 0 Å². The van der Waals surface area contributed by atoms with Gasteiger partial charge in [0.2, 0.25) is 0 Å². The van der Waals surface area contributed by atoms with Crippen LogP contribution < -0.4 is 5.32 Å². The molecular weight excluding hydrogens is 298 g/mol. The van der Waals surface area contributed by atoms with Gasteiger partial charge in [-0.2, -0.15) is 0 Å². The summed E-state index contributed by atoms with van der Waals surface area (Å²) in [4.78, 5) is 8.87. The van der Waals surface area contributed by atoms with Gasteiger partial charge in [-0.3, -0.25) is 0 Å². The van der Waals surface area contributed by atoms with E-state index in [0.29, 0.717) is 30.8 Å². The maximum Gasteiger partial charge on any atom is 0.135 e. The third-order valence-electron chi connectivity index (χ3n) is 3.69. The van der Waals surface area contributed by atoms with Crippen LogP contribution in [0.15, 0.2) is 30.3 Å². The Balaban J connectivity index is 1.69. The van der Waals surface area contributed by atoms with Gasteiger partial charge in [0.05, 0.1) is 6.61 Å². The van der Waals surface area contributed by atoms with Gasteiger partial charge in [0.15, 0.2) is 0 Å². The van der Waals surface area contributed by atoms with Crippen molar-refractivity contribution in [1.29, 1.82) is 0 Å². The minimum atomic E-state index is 0.490. The quantitative estimate of drug-likeness (QED) is 0.779. The van der Waals surface area contributed by atoms with Crippen LogP contribution in [0.1, 0.15) is 42.6 Å². The van der Waals surface area contributed by atoms with Crippen LogP contribution in [0.4, 0.5) is 5.82 Å². The number of halogens is 1. The van der Waals surface area contributed by atoms with Crippen LogP contribution in [0.2, 0.25) is 5.15 Å². The van der Waals surface area contributed by atoms with Crippen molar-refractivity contribution in [3.63, 3.8) is 0 Å². The molecule has 1 aliphatic rings. The summed E-state index contributed by atoms with van der Waals surface area (Å²) >= 11 is 6.09. The van der Waals surface area contributed by atoms with E-state index >= 15 is 0 Å². The predicted octanol–water partition coefficient (Wildman–Crippen LogP) is 4.16. The lowest BCUT2D eigenvalue weighted by Gasteiger charge is -2.12. The summed E-state index contributed by atoms with van der Waals surface area (Å²) in [6, 6.07) is 10.0. The SMILES string of the molecule is CCOCc1ccccc1CNc1cc(Cl)nc(C2CC2)n1. The molecule has 1 aliphatic carbocycles. The van der Waals surface area contributed by atoms with Gasteiger partial charge < -0.3 is 10.1 Å². The number of hydrogen-bond acceptors (Lipinski definition) is 4. The van der Waals surface area contributed by atoms with E-state index in [4.69, 9.17) is 16.3 Å². The molecule has 4 nitrogen and oxygen atoms in total. The van der Waals surface area contributed by atoms with Crippen LogP contribution in [-0.4, -0.2) is 16.6 Å². The summed E-state index contributed by atoms with van der Waals surface area (Å²) in [7, 11) is 0. The smallest absolute Gasteiger partial charge is 0.135 e. The predicted molar refractivity (Wildman–Crippen MR) is 88.1 cm³/mol. The summed E-state index contributed by atoms with van der Waals surface area (Å²) in [6.45, 7) is 4.05. The fraction of sp³-hybridized carbons (Fsp3) is 0.412. The minimum Gasteiger partial charge on any atom is -0.377 e. The van der Waals surface area contributed by atoms with Crippen LogP contribution in [0.3, 0.4) is 0 Å². The second-order valence-electron chi connectivity index (χ2n) is 5.47. The van der Waals surface area contributed by atoms with E-state index in [9.17, 15) is 0 Å². The number of aromatic nitrogens is 2. The lowest BCUT2D eigenvalue weighted by atomic mass is 10.1. The molecule has 0 aliphatic heterocycles. The largest absolute Gasteiger partial charge is 0.377 e. The highest BCUT2D eigenvalue weighted by Crippen LogP contribution is 2.38. The first-order valence-electron chi connectivity index (χ1n) is 7.69. The molecule has 0 unspecified atom stereocenters. The van der Waals surface area contributed by atoms with E-state index in [1.54, 1.807) is 6.07 Å². The Labute approximate surface area is 135 Å². The van der Waals surface area contributed by atoms with Crippen molar-refractivity contribution in [1.82, 2.24) is 9.97 Å². The van der Waals surface area contributed by atoms with Crippen LogP contribution in [0.25, 0.3) is 0 Å². The molecule has 2 aromatic rings. The highest BCUT2D eigenvalue weighted by molar-refractivity contribution is 6.29. The van der Waals surface area contributed by atoms with E-state index in [1.807, 2.05) is 19.1 Å². The molecule has 0 bridgehead atoms. The highest BCUT2D eigenvalue weighted by Gasteiger charge is 2.27. The van der Waals surface area contributed by atoms with Crippen LogP contribution in [0, 0.1) is 0 Å². The van der Waals surface area contributed by atoms with Crippen LogP contribution in [0.5, 0.6) is 0 Å². The summed E-state index contributed by atoms with van der Waals surface area (Å²) in [6.07, 6.45) is 2.33. The Morgan fingerprint density at radius 3 is 2.73 bits per heavy atom. The normalized spacial score (nSPS) is 14.1. The minimum absolute atomic E-state index is 0.490. The molecule has 1 heterocycles. The van der Waals surface area contributed by atoms with Crippen molar-refractivity contribution in [3.05, 3.63) is 52.4 Å². The van der Waals surface area contributed by atoms with Crippen LogP contribution >= 0.6 is 11.6 Å². The summed E-state index contributed by atoms with van der Waals surface area (Å²) in [5.41, 5.74) is 2.40. The van der Waals surface area contributed by atoms with Gasteiger partial charge >= 0.3 is 0 Å². The molecule has 3 rings (SSSR count). The second kappa shape index (κ2) is 7.07. The average Bonchev–Trinajstić information content (AvgIpc) is 3.36. The van der Waals surface area contributed by atoms with Crippen molar-refractivity contribution in [3.8, 4) is 0 Å². The molecule has 0 saturated heterocycles. The maximum atomic E-state index is 6.09. The van der Waals surface area contributed by atoms with Crippen molar-refractivity contribution in [2.45, 2.75) is 38.8 Å². The molecular formula is C17H20ClN3O.